The third kappa shape index (κ3) is 2.47. The molecular weight excluding hydrogens is 267 g/mol. The summed E-state index contributed by atoms with van der Waals surface area (Å²) in [6.45, 7) is 3.54. The van der Waals surface area contributed by atoms with Crippen molar-refractivity contribution >= 4 is 17.5 Å². The van der Waals surface area contributed by atoms with E-state index < -0.39 is 5.82 Å². The van der Waals surface area contributed by atoms with Crippen LogP contribution in [0.1, 0.15) is 23.2 Å². The number of amides is 1. The second kappa shape index (κ2) is 5.10. The predicted molar refractivity (Wildman–Crippen MR) is 71.9 cm³/mol. The SMILES string of the molecule is O=C(c1ccc(Cl)c(F)c1)N1CCN2CCC[C@H]2C1. The Labute approximate surface area is 116 Å². The van der Waals surface area contributed by atoms with Gasteiger partial charge in [-0.3, -0.25) is 9.69 Å². The Balaban J connectivity index is 1.74. The van der Waals surface area contributed by atoms with Crippen molar-refractivity contribution in [2.45, 2.75) is 18.9 Å². The molecule has 1 atom stereocenters. The smallest absolute Gasteiger partial charge is 0.254 e. The Bertz CT molecular complexity index is 508. The zero-order valence-corrected chi connectivity index (χ0v) is 11.4. The second-order valence-electron chi connectivity index (χ2n) is 5.21. The number of hydrogen-bond donors (Lipinski definition) is 0. The first-order valence-electron chi connectivity index (χ1n) is 6.63. The van der Waals surface area contributed by atoms with E-state index in [2.05, 4.69) is 4.90 Å². The minimum atomic E-state index is -0.535. The molecule has 0 radical (unpaired) electrons. The normalized spacial score (nSPS) is 23.5. The molecule has 1 aromatic rings. The highest BCUT2D eigenvalue weighted by Crippen LogP contribution is 2.23. The summed E-state index contributed by atoms with van der Waals surface area (Å²) in [6, 6.07) is 4.74. The van der Waals surface area contributed by atoms with Gasteiger partial charge in [0, 0.05) is 31.2 Å². The van der Waals surface area contributed by atoms with Gasteiger partial charge in [-0.1, -0.05) is 11.6 Å². The first kappa shape index (κ1) is 12.9. The topological polar surface area (TPSA) is 23.6 Å². The fourth-order valence-corrected chi connectivity index (χ4v) is 3.10. The monoisotopic (exact) mass is 282 g/mol. The number of piperazine rings is 1. The molecule has 0 spiro atoms. The molecule has 3 nitrogen and oxygen atoms in total. The van der Waals surface area contributed by atoms with Crippen LogP contribution in [0.2, 0.25) is 5.02 Å². The molecule has 3 rings (SSSR count). The Morgan fingerprint density at radius 1 is 1.32 bits per heavy atom. The third-order valence-electron chi connectivity index (χ3n) is 4.04. The van der Waals surface area contributed by atoms with Gasteiger partial charge in [0.15, 0.2) is 0 Å². The molecule has 0 unspecified atom stereocenters. The number of rotatable bonds is 1. The lowest BCUT2D eigenvalue weighted by Gasteiger charge is -2.37. The first-order chi connectivity index (χ1) is 9.15. The molecule has 0 bridgehead atoms. The van der Waals surface area contributed by atoms with E-state index in [1.807, 2.05) is 4.90 Å². The van der Waals surface area contributed by atoms with Crippen LogP contribution in [-0.2, 0) is 0 Å². The van der Waals surface area contributed by atoms with Crippen LogP contribution in [0.3, 0.4) is 0 Å². The number of carbonyl (C=O) groups excluding carboxylic acids is 1. The van der Waals surface area contributed by atoms with Crippen molar-refractivity contribution in [3.63, 3.8) is 0 Å². The number of nitrogens with zero attached hydrogens (tertiary/aromatic N) is 2. The van der Waals surface area contributed by atoms with Gasteiger partial charge in [-0.25, -0.2) is 4.39 Å². The summed E-state index contributed by atoms with van der Waals surface area (Å²) in [5.41, 5.74) is 0.383. The molecule has 1 aromatic carbocycles. The zero-order chi connectivity index (χ0) is 13.4. The lowest BCUT2D eigenvalue weighted by molar-refractivity contribution is 0.0571. The lowest BCUT2D eigenvalue weighted by Crippen LogP contribution is -2.52. The van der Waals surface area contributed by atoms with E-state index in [-0.39, 0.29) is 10.9 Å². The summed E-state index contributed by atoms with van der Waals surface area (Å²) >= 11 is 5.64. The summed E-state index contributed by atoms with van der Waals surface area (Å²) in [7, 11) is 0. The van der Waals surface area contributed by atoms with Crippen LogP contribution in [-0.4, -0.2) is 47.9 Å². The molecule has 0 saturated carbocycles. The van der Waals surface area contributed by atoms with Gasteiger partial charge >= 0.3 is 0 Å². The maximum atomic E-state index is 13.4. The van der Waals surface area contributed by atoms with E-state index >= 15 is 0 Å². The van der Waals surface area contributed by atoms with Crippen LogP contribution in [0.5, 0.6) is 0 Å². The van der Waals surface area contributed by atoms with Crippen molar-refractivity contribution in [3.05, 3.63) is 34.6 Å². The van der Waals surface area contributed by atoms with Crippen molar-refractivity contribution in [3.8, 4) is 0 Å². The Kier molecular flexibility index (Phi) is 3.46. The number of fused-ring (bicyclic) bond motifs is 1. The minimum Gasteiger partial charge on any atom is -0.336 e. The van der Waals surface area contributed by atoms with Crippen molar-refractivity contribution in [2.75, 3.05) is 26.2 Å². The average Bonchev–Trinajstić information content (AvgIpc) is 2.88. The van der Waals surface area contributed by atoms with Gasteiger partial charge in [-0.05, 0) is 37.6 Å². The molecule has 2 aliphatic heterocycles. The van der Waals surface area contributed by atoms with Crippen molar-refractivity contribution in [1.29, 1.82) is 0 Å². The van der Waals surface area contributed by atoms with E-state index in [1.54, 1.807) is 6.07 Å². The highest BCUT2D eigenvalue weighted by atomic mass is 35.5. The van der Waals surface area contributed by atoms with Gasteiger partial charge < -0.3 is 4.90 Å². The predicted octanol–water partition coefficient (Wildman–Crippen LogP) is 2.40. The molecule has 19 heavy (non-hydrogen) atoms. The summed E-state index contributed by atoms with van der Waals surface area (Å²) < 4.78 is 13.4. The fourth-order valence-electron chi connectivity index (χ4n) is 2.99. The molecule has 2 aliphatic rings. The van der Waals surface area contributed by atoms with Crippen molar-refractivity contribution < 1.29 is 9.18 Å². The highest BCUT2D eigenvalue weighted by Gasteiger charge is 2.32. The van der Waals surface area contributed by atoms with Crippen LogP contribution in [0, 0.1) is 5.82 Å². The van der Waals surface area contributed by atoms with Crippen LogP contribution in [0.4, 0.5) is 4.39 Å². The summed E-state index contributed by atoms with van der Waals surface area (Å²) in [5, 5.41) is 0.0529. The number of halogens is 2. The lowest BCUT2D eigenvalue weighted by atomic mass is 10.1. The molecule has 1 amide bonds. The summed E-state index contributed by atoms with van der Waals surface area (Å²) in [5.74, 6) is -0.630. The van der Waals surface area contributed by atoms with Gasteiger partial charge in [-0.2, -0.15) is 0 Å². The Hall–Kier alpha value is -1.13. The molecular formula is C14H16ClFN2O. The second-order valence-corrected chi connectivity index (χ2v) is 5.62. The molecule has 2 heterocycles. The van der Waals surface area contributed by atoms with Crippen molar-refractivity contribution in [2.24, 2.45) is 0 Å². The standard InChI is InChI=1S/C14H16ClFN2O/c15-12-4-3-10(8-13(12)16)14(19)18-7-6-17-5-1-2-11(17)9-18/h3-4,8,11H,1-2,5-7,9H2/t11-/m0/s1. The largest absolute Gasteiger partial charge is 0.336 e. The summed E-state index contributed by atoms with van der Waals surface area (Å²) in [6.07, 6.45) is 2.36. The molecule has 0 aliphatic carbocycles. The van der Waals surface area contributed by atoms with Gasteiger partial charge in [-0.15, -0.1) is 0 Å². The first-order valence-corrected chi connectivity index (χ1v) is 7.01. The Morgan fingerprint density at radius 2 is 2.16 bits per heavy atom. The van der Waals surface area contributed by atoms with Gasteiger partial charge in [0.05, 0.1) is 5.02 Å². The van der Waals surface area contributed by atoms with Gasteiger partial charge in [0.2, 0.25) is 0 Å². The number of benzene rings is 1. The maximum absolute atomic E-state index is 13.4. The molecule has 5 heteroatoms. The fraction of sp³-hybridized carbons (Fsp3) is 0.500. The molecule has 2 fully saturated rings. The molecule has 0 N–H and O–H groups in total. The minimum absolute atomic E-state index is 0.0529. The van der Waals surface area contributed by atoms with Crippen LogP contribution in [0.15, 0.2) is 18.2 Å². The average molecular weight is 283 g/mol. The zero-order valence-electron chi connectivity index (χ0n) is 10.6. The molecule has 102 valence electrons. The van der Waals surface area contributed by atoms with E-state index in [9.17, 15) is 9.18 Å². The van der Waals surface area contributed by atoms with E-state index in [1.165, 1.54) is 18.6 Å². The quantitative estimate of drug-likeness (QED) is 0.790. The molecule has 0 aromatic heterocycles. The van der Waals surface area contributed by atoms with E-state index in [0.29, 0.717) is 11.6 Å². The summed E-state index contributed by atoms with van der Waals surface area (Å²) in [4.78, 5) is 16.6. The maximum Gasteiger partial charge on any atom is 0.254 e. The van der Waals surface area contributed by atoms with Crippen LogP contribution in [0.25, 0.3) is 0 Å². The van der Waals surface area contributed by atoms with Crippen LogP contribution < -0.4 is 0 Å². The van der Waals surface area contributed by atoms with Gasteiger partial charge in [0.1, 0.15) is 5.82 Å². The Morgan fingerprint density at radius 3 is 2.95 bits per heavy atom. The molecule has 2 saturated heterocycles. The highest BCUT2D eigenvalue weighted by molar-refractivity contribution is 6.30. The third-order valence-corrected chi connectivity index (χ3v) is 4.35. The van der Waals surface area contributed by atoms with Crippen LogP contribution >= 0.6 is 11.6 Å². The van der Waals surface area contributed by atoms with Crippen molar-refractivity contribution in [1.82, 2.24) is 9.80 Å². The van der Waals surface area contributed by atoms with Gasteiger partial charge in [0.25, 0.3) is 5.91 Å². The number of hydrogen-bond acceptors (Lipinski definition) is 2. The number of carbonyl (C=O) groups is 1. The van der Waals surface area contributed by atoms with E-state index in [0.717, 1.165) is 32.6 Å². The van der Waals surface area contributed by atoms with E-state index in [4.69, 9.17) is 11.6 Å².